The number of pyridine rings is 1. The molecule has 0 radical (unpaired) electrons. The highest BCUT2D eigenvalue weighted by atomic mass is 16.2. The van der Waals surface area contributed by atoms with E-state index in [1.807, 2.05) is 0 Å². The molecule has 1 aliphatic heterocycles. The van der Waals surface area contributed by atoms with E-state index in [0.717, 1.165) is 12.8 Å². The van der Waals surface area contributed by atoms with Gasteiger partial charge in [0.2, 0.25) is 0 Å². The maximum atomic E-state index is 12.6. The van der Waals surface area contributed by atoms with E-state index in [4.69, 9.17) is 0 Å². The van der Waals surface area contributed by atoms with Crippen molar-refractivity contribution in [2.75, 3.05) is 6.54 Å². The van der Waals surface area contributed by atoms with E-state index in [9.17, 15) is 9.59 Å². The van der Waals surface area contributed by atoms with Crippen molar-refractivity contribution >= 4 is 5.91 Å². The van der Waals surface area contributed by atoms with Crippen LogP contribution >= 0.6 is 0 Å². The molecule has 0 unspecified atom stereocenters. The minimum Gasteiger partial charge on any atom is -0.328 e. The molecule has 2 aromatic heterocycles. The van der Waals surface area contributed by atoms with Crippen molar-refractivity contribution in [3.8, 4) is 0 Å². The quantitative estimate of drug-likeness (QED) is 0.905. The van der Waals surface area contributed by atoms with Gasteiger partial charge < -0.3 is 9.88 Å². The number of carbonyl (C=O) groups excluding carboxylic acids is 1. The van der Waals surface area contributed by atoms with Crippen molar-refractivity contribution in [3.63, 3.8) is 0 Å². The van der Waals surface area contributed by atoms with Crippen molar-refractivity contribution in [3.05, 3.63) is 58.0 Å². The summed E-state index contributed by atoms with van der Waals surface area (Å²) in [4.78, 5) is 37.0. The summed E-state index contributed by atoms with van der Waals surface area (Å²) in [6.07, 6.45) is 4.92. The number of likely N-dealkylation sites (tertiary alicyclic amines) is 1. The number of nitrogens with one attached hydrogen (secondary N) is 1. The molecule has 0 spiro atoms. The SMILES string of the molecule is Cc1cc(=O)[nH]c([C@@H]2CCCN2C(=O)c2ccncc2)n1. The van der Waals surface area contributed by atoms with E-state index in [1.165, 1.54) is 6.07 Å². The molecule has 3 heterocycles. The number of rotatable bonds is 2. The number of hydrogen-bond acceptors (Lipinski definition) is 4. The molecule has 1 saturated heterocycles. The normalized spacial score (nSPS) is 18.0. The molecule has 0 aromatic carbocycles. The molecule has 6 nitrogen and oxygen atoms in total. The first-order valence-corrected chi connectivity index (χ1v) is 6.94. The zero-order valence-electron chi connectivity index (χ0n) is 11.7. The van der Waals surface area contributed by atoms with Crippen LogP contribution in [0, 0.1) is 6.92 Å². The van der Waals surface area contributed by atoms with Crippen LogP contribution in [0.3, 0.4) is 0 Å². The fourth-order valence-corrected chi connectivity index (χ4v) is 2.71. The highest BCUT2D eigenvalue weighted by molar-refractivity contribution is 5.94. The highest BCUT2D eigenvalue weighted by Crippen LogP contribution is 2.30. The second kappa shape index (κ2) is 5.47. The standard InChI is InChI=1S/C15H16N4O2/c1-10-9-13(20)18-14(17-10)12-3-2-8-19(12)15(21)11-4-6-16-7-5-11/h4-7,9,12H,2-3,8H2,1H3,(H,17,18,20)/t12-/m0/s1. The molecule has 21 heavy (non-hydrogen) atoms. The summed E-state index contributed by atoms with van der Waals surface area (Å²) in [5.74, 6) is 0.518. The van der Waals surface area contributed by atoms with Crippen LogP contribution in [-0.2, 0) is 0 Å². The Labute approximate surface area is 121 Å². The van der Waals surface area contributed by atoms with Crippen molar-refractivity contribution in [1.29, 1.82) is 0 Å². The summed E-state index contributed by atoms with van der Waals surface area (Å²) in [6, 6.07) is 4.68. The largest absolute Gasteiger partial charge is 0.328 e. The molecule has 1 atom stereocenters. The Morgan fingerprint density at radius 2 is 2.14 bits per heavy atom. The van der Waals surface area contributed by atoms with Gasteiger partial charge in [-0.15, -0.1) is 0 Å². The molecule has 3 rings (SSSR count). The fraction of sp³-hybridized carbons (Fsp3) is 0.333. The first-order valence-electron chi connectivity index (χ1n) is 6.94. The molecule has 1 aliphatic rings. The van der Waals surface area contributed by atoms with Gasteiger partial charge in [0.15, 0.2) is 0 Å². The number of aromatic nitrogens is 3. The van der Waals surface area contributed by atoms with E-state index >= 15 is 0 Å². The van der Waals surface area contributed by atoms with Crippen LogP contribution in [0.2, 0.25) is 0 Å². The van der Waals surface area contributed by atoms with Gasteiger partial charge >= 0.3 is 0 Å². The van der Waals surface area contributed by atoms with Crippen molar-refractivity contribution in [1.82, 2.24) is 19.9 Å². The van der Waals surface area contributed by atoms with E-state index in [2.05, 4.69) is 15.0 Å². The summed E-state index contributed by atoms with van der Waals surface area (Å²) in [6.45, 7) is 2.45. The van der Waals surface area contributed by atoms with Gasteiger partial charge in [0.25, 0.3) is 11.5 Å². The van der Waals surface area contributed by atoms with Crippen LogP contribution < -0.4 is 5.56 Å². The molecule has 6 heteroatoms. The number of aromatic amines is 1. The van der Waals surface area contributed by atoms with Crippen molar-refractivity contribution < 1.29 is 4.79 Å². The molecular weight excluding hydrogens is 268 g/mol. The smallest absolute Gasteiger partial charge is 0.254 e. The lowest BCUT2D eigenvalue weighted by Gasteiger charge is -2.24. The monoisotopic (exact) mass is 284 g/mol. The summed E-state index contributed by atoms with van der Waals surface area (Å²) >= 11 is 0. The van der Waals surface area contributed by atoms with Crippen molar-refractivity contribution in [2.45, 2.75) is 25.8 Å². The van der Waals surface area contributed by atoms with E-state index < -0.39 is 0 Å². The third kappa shape index (κ3) is 2.69. The highest BCUT2D eigenvalue weighted by Gasteiger charge is 2.32. The Balaban J connectivity index is 1.92. The minimum absolute atomic E-state index is 0.0518. The van der Waals surface area contributed by atoms with Gasteiger partial charge in [0, 0.05) is 36.3 Å². The topological polar surface area (TPSA) is 79.0 Å². The average molecular weight is 284 g/mol. The molecule has 108 valence electrons. The Hall–Kier alpha value is -2.50. The van der Waals surface area contributed by atoms with Gasteiger partial charge in [0.1, 0.15) is 5.82 Å². The third-order valence-corrected chi connectivity index (χ3v) is 3.64. The fourth-order valence-electron chi connectivity index (χ4n) is 2.71. The third-order valence-electron chi connectivity index (χ3n) is 3.64. The van der Waals surface area contributed by atoms with Crippen LogP contribution in [-0.4, -0.2) is 32.3 Å². The number of carbonyl (C=O) groups is 1. The summed E-state index contributed by atoms with van der Waals surface area (Å²) in [7, 11) is 0. The molecule has 1 fully saturated rings. The van der Waals surface area contributed by atoms with Crippen LogP contribution in [0.15, 0.2) is 35.4 Å². The zero-order chi connectivity index (χ0) is 14.8. The van der Waals surface area contributed by atoms with Gasteiger partial charge in [0.05, 0.1) is 6.04 Å². The lowest BCUT2D eigenvalue weighted by molar-refractivity contribution is 0.0729. The predicted molar refractivity (Wildman–Crippen MR) is 76.8 cm³/mol. The van der Waals surface area contributed by atoms with E-state index in [0.29, 0.717) is 23.6 Å². The molecule has 0 aliphatic carbocycles. The first-order chi connectivity index (χ1) is 10.1. The van der Waals surface area contributed by atoms with Crippen LogP contribution in [0.1, 0.15) is 40.8 Å². The minimum atomic E-state index is -0.180. The average Bonchev–Trinajstić information content (AvgIpc) is 2.96. The second-order valence-electron chi connectivity index (χ2n) is 5.16. The van der Waals surface area contributed by atoms with E-state index in [-0.39, 0.29) is 17.5 Å². The molecule has 0 saturated carbocycles. The second-order valence-corrected chi connectivity index (χ2v) is 5.16. The van der Waals surface area contributed by atoms with Gasteiger partial charge in [-0.1, -0.05) is 0 Å². The number of hydrogen-bond donors (Lipinski definition) is 1. The van der Waals surface area contributed by atoms with Crippen molar-refractivity contribution in [2.24, 2.45) is 0 Å². The molecule has 1 N–H and O–H groups in total. The zero-order valence-corrected chi connectivity index (χ0v) is 11.7. The number of amides is 1. The summed E-state index contributed by atoms with van der Waals surface area (Å²) < 4.78 is 0. The molecule has 1 amide bonds. The van der Waals surface area contributed by atoms with Crippen LogP contribution in [0.5, 0.6) is 0 Å². The maximum absolute atomic E-state index is 12.6. The Morgan fingerprint density at radius 3 is 2.86 bits per heavy atom. The van der Waals surface area contributed by atoms with Crippen LogP contribution in [0.4, 0.5) is 0 Å². The number of nitrogens with zero attached hydrogens (tertiary/aromatic N) is 3. The lowest BCUT2D eigenvalue weighted by Crippen LogP contribution is -2.32. The maximum Gasteiger partial charge on any atom is 0.254 e. The summed E-state index contributed by atoms with van der Waals surface area (Å²) in [5.41, 5.74) is 1.09. The predicted octanol–water partition coefficient (Wildman–Crippen LogP) is 1.45. The Kier molecular flexibility index (Phi) is 3.51. The number of H-pyrrole nitrogens is 1. The van der Waals surface area contributed by atoms with E-state index in [1.54, 1.807) is 36.4 Å². The van der Waals surface area contributed by atoms with Gasteiger partial charge in [-0.25, -0.2) is 4.98 Å². The van der Waals surface area contributed by atoms with Crippen LogP contribution in [0.25, 0.3) is 0 Å². The van der Waals surface area contributed by atoms with Gasteiger partial charge in [-0.05, 0) is 31.9 Å². The molecule has 2 aromatic rings. The lowest BCUT2D eigenvalue weighted by atomic mass is 10.1. The number of aryl methyl sites for hydroxylation is 1. The Bertz CT molecular complexity index is 711. The summed E-state index contributed by atoms with van der Waals surface area (Å²) in [5, 5.41) is 0. The molecule has 0 bridgehead atoms. The first kappa shape index (κ1) is 13.5. The van der Waals surface area contributed by atoms with Gasteiger partial charge in [-0.2, -0.15) is 0 Å². The molecular formula is C15H16N4O2. The van der Waals surface area contributed by atoms with Gasteiger partial charge in [-0.3, -0.25) is 14.6 Å². The Morgan fingerprint density at radius 1 is 1.38 bits per heavy atom.